The van der Waals surface area contributed by atoms with E-state index < -0.39 is 0 Å². The van der Waals surface area contributed by atoms with E-state index in [2.05, 4.69) is 17.4 Å². The molecular weight excluding hydrogens is 224 g/mol. The van der Waals surface area contributed by atoms with E-state index in [0.29, 0.717) is 6.42 Å². The predicted octanol–water partition coefficient (Wildman–Crippen LogP) is 1.86. The second-order valence-electron chi connectivity index (χ2n) is 5.15. The highest BCUT2D eigenvalue weighted by Crippen LogP contribution is 2.31. The summed E-state index contributed by atoms with van der Waals surface area (Å²) in [6.07, 6.45) is 5.33. The van der Waals surface area contributed by atoms with E-state index in [1.165, 1.54) is 18.4 Å². The molecule has 1 unspecified atom stereocenters. The number of carbonyl (C=O) groups is 1. The molecule has 1 aromatic carbocycles. The lowest BCUT2D eigenvalue weighted by Gasteiger charge is -2.12. The monoisotopic (exact) mass is 246 g/mol. The number of hydrogen-bond donors (Lipinski definition) is 2. The normalized spacial score (nSPS) is 16.3. The number of hydrogen-bond acceptors (Lipinski definition) is 2. The highest BCUT2D eigenvalue weighted by Gasteiger charge is 2.21. The van der Waals surface area contributed by atoms with E-state index in [1.54, 1.807) is 0 Å². The molecule has 1 saturated carbocycles. The van der Waals surface area contributed by atoms with E-state index in [4.69, 9.17) is 5.73 Å². The van der Waals surface area contributed by atoms with Crippen molar-refractivity contribution in [3.8, 4) is 0 Å². The number of aryl methyl sites for hydroxylation is 1. The Kier molecular flexibility index (Phi) is 4.76. The maximum absolute atomic E-state index is 11.7. The molecule has 1 fully saturated rings. The van der Waals surface area contributed by atoms with Crippen molar-refractivity contribution in [1.82, 2.24) is 5.32 Å². The van der Waals surface area contributed by atoms with Crippen LogP contribution >= 0.6 is 0 Å². The van der Waals surface area contributed by atoms with Crippen molar-refractivity contribution in [3.05, 3.63) is 35.9 Å². The Morgan fingerprint density at radius 3 is 2.72 bits per heavy atom. The molecule has 3 N–H and O–H groups in total. The van der Waals surface area contributed by atoms with Gasteiger partial charge in [-0.1, -0.05) is 43.2 Å². The third-order valence-corrected chi connectivity index (χ3v) is 3.47. The van der Waals surface area contributed by atoms with Crippen molar-refractivity contribution in [2.75, 3.05) is 6.54 Å². The lowest BCUT2D eigenvalue weighted by atomic mass is 10.1. The van der Waals surface area contributed by atoms with E-state index in [0.717, 1.165) is 25.3 Å². The van der Waals surface area contributed by atoms with Gasteiger partial charge in [-0.3, -0.25) is 4.79 Å². The van der Waals surface area contributed by atoms with Crippen LogP contribution in [0.15, 0.2) is 30.3 Å². The Balaban J connectivity index is 1.63. The van der Waals surface area contributed by atoms with E-state index in [1.807, 2.05) is 18.2 Å². The molecule has 98 valence electrons. The van der Waals surface area contributed by atoms with Gasteiger partial charge in [-0.2, -0.15) is 0 Å². The van der Waals surface area contributed by atoms with Crippen molar-refractivity contribution in [1.29, 1.82) is 0 Å². The van der Waals surface area contributed by atoms with Crippen LogP contribution < -0.4 is 11.1 Å². The summed E-state index contributed by atoms with van der Waals surface area (Å²) >= 11 is 0. The van der Waals surface area contributed by atoms with Crippen LogP contribution in [0.5, 0.6) is 0 Å². The average molecular weight is 246 g/mol. The summed E-state index contributed by atoms with van der Waals surface area (Å²) in [7, 11) is 0. The lowest BCUT2D eigenvalue weighted by Crippen LogP contribution is -2.41. The molecular formula is C15H22N2O. The van der Waals surface area contributed by atoms with Crippen LogP contribution in [0.25, 0.3) is 0 Å². The minimum absolute atomic E-state index is 0.00780. The first-order valence-corrected chi connectivity index (χ1v) is 6.83. The number of nitrogens with two attached hydrogens (primary N) is 1. The Hall–Kier alpha value is -1.35. The van der Waals surface area contributed by atoms with Crippen LogP contribution in [-0.4, -0.2) is 18.5 Å². The molecule has 0 aliphatic heterocycles. The molecule has 3 nitrogen and oxygen atoms in total. The maximum Gasteiger partial charge on any atom is 0.236 e. The Labute approximate surface area is 109 Å². The largest absolute Gasteiger partial charge is 0.355 e. The van der Waals surface area contributed by atoms with Crippen molar-refractivity contribution in [3.63, 3.8) is 0 Å². The molecule has 1 atom stereocenters. The first-order valence-electron chi connectivity index (χ1n) is 6.83. The molecule has 1 aromatic rings. The molecule has 0 saturated heterocycles. The number of carbonyl (C=O) groups excluding carboxylic acids is 1. The van der Waals surface area contributed by atoms with Crippen molar-refractivity contribution < 1.29 is 4.79 Å². The fourth-order valence-electron chi connectivity index (χ4n) is 2.04. The quantitative estimate of drug-likeness (QED) is 0.771. The van der Waals surface area contributed by atoms with Crippen LogP contribution in [0.4, 0.5) is 0 Å². The predicted molar refractivity (Wildman–Crippen MR) is 73.1 cm³/mol. The second kappa shape index (κ2) is 6.55. The van der Waals surface area contributed by atoms with Crippen LogP contribution in [0.3, 0.4) is 0 Å². The van der Waals surface area contributed by atoms with Gasteiger partial charge in [-0.05, 0) is 30.7 Å². The highest BCUT2D eigenvalue weighted by molar-refractivity contribution is 5.81. The summed E-state index contributed by atoms with van der Waals surface area (Å²) in [4.78, 5) is 11.7. The third-order valence-electron chi connectivity index (χ3n) is 3.47. The summed E-state index contributed by atoms with van der Waals surface area (Å²) in [6.45, 7) is 0.780. The molecule has 1 aliphatic carbocycles. The first kappa shape index (κ1) is 13.1. The molecule has 2 rings (SSSR count). The smallest absolute Gasteiger partial charge is 0.236 e. The van der Waals surface area contributed by atoms with Gasteiger partial charge in [0.2, 0.25) is 5.91 Å². The molecule has 0 aromatic heterocycles. The van der Waals surface area contributed by atoms with Crippen molar-refractivity contribution in [2.45, 2.75) is 38.1 Å². The third kappa shape index (κ3) is 4.49. The molecule has 0 heterocycles. The highest BCUT2D eigenvalue weighted by atomic mass is 16.2. The molecule has 0 radical (unpaired) electrons. The lowest BCUT2D eigenvalue weighted by molar-refractivity contribution is -0.122. The van der Waals surface area contributed by atoms with Gasteiger partial charge in [0.15, 0.2) is 0 Å². The van der Waals surface area contributed by atoms with E-state index in [9.17, 15) is 4.79 Å². The zero-order valence-electron chi connectivity index (χ0n) is 10.8. The Bertz CT molecular complexity index is 373. The van der Waals surface area contributed by atoms with Gasteiger partial charge in [-0.15, -0.1) is 0 Å². The van der Waals surface area contributed by atoms with Crippen LogP contribution in [0.2, 0.25) is 0 Å². The van der Waals surface area contributed by atoms with Gasteiger partial charge >= 0.3 is 0 Å². The van der Waals surface area contributed by atoms with Crippen LogP contribution in [-0.2, 0) is 11.2 Å². The zero-order chi connectivity index (χ0) is 12.8. The standard InChI is InChI=1S/C15H22N2O/c16-14(9-8-12-4-2-1-3-5-12)15(18)17-11-10-13-6-7-13/h1-5,13-14H,6-11,16H2,(H,17,18). The van der Waals surface area contributed by atoms with Gasteiger partial charge in [0.05, 0.1) is 6.04 Å². The number of benzene rings is 1. The fourth-order valence-corrected chi connectivity index (χ4v) is 2.04. The Morgan fingerprint density at radius 1 is 1.33 bits per heavy atom. The topological polar surface area (TPSA) is 55.1 Å². The number of amides is 1. The molecule has 18 heavy (non-hydrogen) atoms. The summed E-state index contributed by atoms with van der Waals surface area (Å²) in [5.41, 5.74) is 7.12. The fraction of sp³-hybridized carbons (Fsp3) is 0.533. The van der Waals surface area contributed by atoms with Crippen molar-refractivity contribution >= 4 is 5.91 Å². The average Bonchev–Trinajstić information content (AvgIpc) is 3.21. The van der Waals surface area contributed by atoms with Gasteiger partial charge in [0, 0.05) is 6.54 Å². The SMILES string of the molecule is NC(CCc1ccccc1)C(=O)NCCC1CC1. The van der Waals surface area contributed by atoms with Gasteiger partial charge in [0.25, 0.3) is 0 Å². The van der Waals surface area contributed by atoms with Crippen LogP contribution in [0.1, 0.15) is 31.2 Å². The van der Waals surface area contributed by atoms with Crippen LogP contribution in [0, 0.1) is 5.92 Å². The van der Waals surface area contributed by atoms with Gasteiger partial charge < -0.3 is 11.1 Å². The number of rotatable bonds is 7. The second-order valence-corrected chi connectivity index (χ2v) is 5.15. The molecule has 0 bridgehead atoms. The molecule has 3 heteroatoms. The summed E-state index contributed by atoms with van der Waals surface area (Å²) < 4.78 is 0. The minimum Gasteiger partial charge on any atom is -0.355 e. The minimum atomic E-state index is -0.385. The first-order chi connectivity index (χ1) is 8.75. The Morgan fingerprint density at radius 2 is 2.06 bits per heavy atom. The number of nitrogens with one attached hydrogen (secondary N) is 1. The summed E-state index contributed by atoms with van der Waals surface area (Å²) in [5.74, 6) is 0.845. The van der Waals surface area contributed by atoms with Crippen molar-refractivity contribution in [2.24, 2.45) is 11.7 Å². The summed E-state index contributed by atoms with van der Waals surface area (Å²) in [5, 5.41) is 2.93. The molecule has 1 aliphatic rings. The van der Waals surface area contributed by atoms with E-state index >= 15 is 0 Å². The van der Waals surface area contributed by atoms with Gasteiger partial charge in [-0.25, -0.2) is 0 Å². The van der Waals surface area contributed by atoms with Gasteiger partial charge in [0.1, 0.15) is 0 Å². The molecule has 1 amide bonds. The summed E-state index contributed by atoms with van der Waals surface area (Å²) in [6, 6.07) is 9.76. The zero-order valence-corrected chi connectivity index (χ0v) is 10.8. The maximum atomic E-state index is 11.7. The molecule has 0 spiro atoms. The van der Waals surface area contributed by atoms with E-state index in [-0.39, 0.29) is 11.9 Å².